The summed E-state index contributed by atoms with van der Waals surface area (Å²) < 4.78 is 5.63. The van der Waals surface area contributed by atoms with Crippen molar-refractivity contribution in [3.8, 4) is 11.3 Å². The SMILES string of the molecule is CC(=O)N(C(=O)Nc1ccccc1)c1ccc(-c2ccc([N+](=O)[O-])cc2)o1. The number of amides is 3. The third-order valence-corrected chi connectivity index (χ3v) is 3.72. The van der Waals surface area contributed by atoms with Gasteiger partial charge in [-0.05, 0) is 30.3 Å². The molecule has 0 unspecified atom stereocenters. The highest BCUT2D eigenvalue weighted by molar-refractivity contribution is 6.17. The van der Waals surface area contributed by atoms with Gasteiger partial charge in [-0.2, -0.15) is 0 Å². The van der Waals surface area contributed by atoms with Gasteiger partial charge in [-0.3, -0.25) is 14.9 Å². The van der Waals surface area contributed by atoms with Gasteiger partial charge in [0.1, 0.15) is 5.76 Å². The average molecular weight is 365 g/mol. The summed E-state index contributed by atoms with van der Waals surface area (Å²) in [6.07, 6.45) is 0. The lowest BCUT2D eigenvalue weighted by Gasteiger charge is -2.17. The number of hydrogen-bond donors (Lipinski definition) is 1. The Morgan fingerprint density at radius 1 is 1.00 bits per heavy atom. The number of carbonyl (C=O) groups is 2. The number of para-hydroxylation sites is 1. The molecule has 0 saturated heterocycles. The Labute approximate surface area is 154 Å². The molecule has 0 aliphatic carbocycles. The van der Waals surface area contributed by atoms with E-state index in [0.29, 0.717) is 17.0 Å². The van der Waals surface area contributed by atoms with Crippen LogP contribution in [0.25, 0.3) is 11.3 Å². The van der Waals surface area contributed by atoms with Gasteiger partial charge >= 0.3 is 6.03 Å². The predicted octanol–water partition coefficient (Wildman–Crippen LogP) is 4.44. The molecule has 0 fully saturated rings. The van der Waals surface area contributed by atoms with Crippen LogP contribution in [-0.4, -0.2) is 16.9 Å². The lowest BCUT2D eigenvalue weighted by Crippen LogP contribution is -2.38. The fraction of sp³-hybridized carbons (Fsp3) is 0.0526. The van der Waals surface area contributed by atoms with Crippen molar-refractivity contribution in [3.05, 3.63) is 76.8 Å². The lowest BCUT2D eigenvalue weighted by atomic mass is 10.1. The minimum absolute atomic E-state index is 0.0434. The summed E-state index contributed by atoms with van der Waals surface area (Å²) in [6.45, 7) is 1.25. The maximum Gasteiger partial charge on any atom is 0.335 e. The maximum atomic E-state index is 12.5. The van der Waals surface area contributed by atoms with Gasteiger partial charge in [-0.25, -0.2) is 9.69 Å². The molecule has 3 amide bonds. The number of nitrogens with zero attached hydrogens (tertiary/aromatic N) is 2. The van der Waals surface area contributed by atoms with Crippen LogP contribution < -0.4 is 10.2 Å². The molecule has 1 N–H and O–H groups in total. The number of benzene rings is 2. The van der Waals surface area contributed by atoms with Crippen LogP contribution >= 0.6 is 0 Å². The minimum Gasteiger partial charge on any atom is -0.440 e. The highest BCUT2D eigenvalue weighted by Gasteiger charge is 2.24. The normalized spacial score (nSPS) is 10.3. The van der Waals surface area contributed by atoms with Gasteiger partial charge in [-0.15, -0.1) is 0 Å². The fourth-order valence-corrected chi connectivity index (χ4v) is 2.45. The highest BCUT2D eigenvalue weighted by atomic mass is 16.6. The number of anilines is 2. The largest absolute Gasteiger partial charge is 0.440 e. The molecule has 8 nitrogen and oxygen atoms in total. The van der Waals surface area contributed by atoms with Crippen molar-refractivity contribution in [3.63, 3.8) is 0 Å². The molecule has 1 aromatic heterocycles. The fourth-order valence-electron chi connectivity index (χ4n) is 2.45. The Hall–Kier alpha value is -3.94. The number of nitro benzene ring substituents is 1. The number of nitrogens with one attached hydrogen (secondary N) is 1. The standard InChI is InChI=1S/C19H15N3O5/c1-13(23)21(19(24)20-15-5-3-2-4-6-15)18-12-11-17(27-18)14-7-9-16(10-8-14)22(25)26/h2-12H,1H3,(H,20,24). The van der Waals surface area contributed by atoms with E-state index in [0.717, 1.165) is 4.90 Å². The van der Waals surface area contributed by atoms with Gasteiger partial charge in [0.25, 0.3) is 5.69 Å². The van der Waals surface area contributed by atoms with Gasteiger partial charge in [0.05, 0.1) is 4.92 Å². The third kappa shape index (κ3) is 4.01. The first kappa shape index (κ1) is 17.9. The third-order valence-electron chi connectivity index (χ3n) is 3.72. The van der Waals surface area contributed by atoms with E-state index in [4.69, 9.17) is 4.42 Å². The van der Waals surface area contributed by atoms with E-state index in [9.17, 15) is 19.7 Å². The Morgan fingerprint density at radius 3 is 2.26 bits per heavy atom. The summed E-state index contributed by atoms with van der Waals surface area (Å²) >= 11 is 0. The topological polar surface area (TPSA) is 106 Å². The number of non-ortho nitro benzene ring substituents is 1. The van der Waals surface area contributed by atoms with Crippen LogP contribution in [0.5, 0.6) is 0 Å². The molecule has 1 heterocycles. The van der Waals surface area contributed by atoms with E-state index in [-0.39, 0.29) is 11.6 Å². The molecule has 27 heavy (non-hydrogen) atoms. The quantitative estimate of drug-likeness (QED) is 0.543. The smallest absolute Gasteiger partial charge is 0.335 e. The van der Waals surface area contributed by atoms with Gasteiger partial charge in [-0.1, -0.05) is 18.2 Å². The van der Waals surface area contributed by atoms with Crippen molar-refractivity contribution in [2.75, 3.05) is 10.2 Å². The van der Waals surface area contributed by atoms with Crippen molar-refractivity contribution in [2.45, 2.75) is 6.92 Å². The molecular formula is C19H15N3O5. The highest BCUT2D eigenvalue weighted by Crippen LogP contribution is 2.29. The molecule has 0 aliphatic rings. The molecule has 3 rings (SSSR count). The maximum absolute atomic E-state index is 12.5. The lowest BCUT2D eigenvalue weighted by molar-refractivity contribution is -0.384. The van der Waals surface area contributed by atoms with Gasteiger partial charge < -0.3 is 9.73 Å². The summed E-state index contributed by atoms with van der Waals surface area (Å²) in [4.78, 5) is 35.6. The molecule has 2 aromatic carbocycles. The Balaban J connectivity index is 1.84. The number of imide groups is 1. The Kier molecular flexibility index (Phi) is 4.98. The van der Waals surface area contributed by atoms with Gasteiger partial charge in [0.15, 0.2) is 0 Å². The van der Waals surface area contributed by atoms with Crippen molar-refractivity contribution >= 4 is 29.2 Å². The molecule has 8 heteroatoms. The first-order valence-electron chi connectivity index (χ1n) is 7.97. The summed E-state index contributed by atoms with van der Waals surface area (Å²) in [6, 6.07) is 16.9. The number of nitro groups is 1. The summed E-state index contributed by atoms with van der Waals surface area (Å²) in [5.74, 6) is -0.101. The predicted molar refractivity (Wildman–Crippen MR) is 99.4 cm³/mol. The van der Waals surface area contributed by atoms with Crippen LogP contribution in [-0.2, 0) is 4.79 Å². The van der Waals surface area contributed by atoms with Crippen LogP contribution in [0.1, 0.15) is 6.92 Å². The van der Waals surface area contributed by atoms with Crippen molar-refractivity contribution in [1.82, 2.24) is 0 Å². The molecule has 0 atom stereocenters. The molecule has 3 aromatic rings. The average Bonchev–Trinajstić information content (AvgIpc) is 3.12. The van der Waals surface area contributed by atoms with Crippen LogP contribution in [0.15, 0.2) is 71.1 Å². The molecular weight excluding hydrogens is 350 g/mol. The number of rotatable bonds is 4. The first-order chi connectivity index (χ1) is 13.0. The van der Waals surface area contributed by atoms with Crippen LogP contribution in [0, 0.1) is 10.1 Å². The summed E-state index contributed by atoms with van der Waals surface area (Å²) in [5.41, 5.74) is 1.08. The zero-order chi connectivity index (χ0) is 19.4. The monoisotopic (exact) mass is 365 g/mol. The number of carbonyl (C=O) groups excluding carboxylic acids is 2. The van der Waals surface area contributed by atoms with E-state index >= 15 is 0 Å². The second kappa shape index (κ2) is 7.52. The van der Waals surface area contributed by atoms with E-state index in [1.165, 1.54) is 37.3 Å². The number of furan rings is 1. The van der Waals surface area contributed by atoms with Crippen LogP contribution in [0.4, 0.5) is 22.1 Å². The van der Waals surface area contributed by atoms with E-state index in [1.807, 2.05) is 0 Å². The number of hydrogen-bond acceptors (Lipinski definition) is 5. The zero-order valence-electron chi connectivity index (χ0n) is 14.3. The van der Waals surface area contributed by atoms with Crippen molar-refractivity contribution < 1.29 is 18.9 Å². The molecule has 0 saturated carbocycles. The van der Waals surface area contributed by atoms with E-state index < -0.39 is 16.9 Å². The molecule has 0 spiro atoms. The van der Waals surface area contributed by atoms with Crippen LogP contribution in [0.3, 0.4) is 0 Å². The molecule has 0 bridgehead atoms. The summed E-state index contributed by atoms with van der Waals surface area (Å²) in [7, 11) is 0. The van der Waals surface area contributed by atoms with Crippen molar-refractivity contribution in [1.29, 1.82) is 0 Å². The Morgan fingerprint density at radius 2 is 1.67 bits per heavy atom. The van der Waals surface area contributed by atoms with Gasteiger partial charge in [0.2, 0.25) is 11.8 Å². The molecule has 0 aliphatic heterocycles. The first-order valence-corrected chi connectivity index (χ1v) is 7.97. The van der Waals surface area contributed by atoms with Crippen molar-refractivity contribution in [2.24, 2.45) is 0 Å². The minimum atomic E-state index is -0.654. The Bertz CT molecular complexity index is 980. The van der Waals surface area contributed by atoms with E-state index in [2.05, 4.69) is 5.32 Å². The zero-order valence-corrected chi connectivity index (χ0v) is 14.3. The van der Waals surface area contributed by atoms with Gasteiger partial charge in [0, 0.05) is 36.4 Å². The van der Waals surface area contributed by atoms with E-state index in [1.54, 1.807) is 36.4 Å². The second-order valence-corrected chi connectivity index (χ2v) is 5.59. The van der Waals surface area contributed by atoms with Crippen LogP contribution in [0.2, 0.25) is 0 Å². The molecule has 0 radical (unpaired) electrons. The second-order valence-electron chi connectivity index (χ2n) is 5.59. The summed E-state index contributed by atoms with van der Waals surface area (Å²) in [5, 5.41) is 13.4. The number of urea groups is 1. The molecule has 136 valence electrons.